The van der Waals surface area contributed by atoms with E-state index >= 15 is 0 Å². The molecule has 1 aromatic carbocycles. The van der Waals surface area contributed by atoms with Gasteiger partial charge in [0.15, 0.2) is 0 Å². The van der Waals surface area contributed by atoms with Gasteiger partial charge in [-0.2, -0.15) is 13.2 Å². The molecule has 0 bridgehead atoms. The first kappa shape index (κ1) is 18.1. The lowest BCUT2D eigenvalue weighted by atomic mass is 9.99. The number of rotatable bonds is 5. The predicted octanol–water partition coefficient (Wildman–Crippen LogP) is 3.40. The summed E-state index contributed by atoms with van der Waals surface area (Å²) < 4.78 is 51.2. The SMILES string of the molecule is Cl.NCCCC[C@H](N)c1cccc(C(F)(F)F)c1F. The number of halogens is 5. The summed E-state index contributed by atoms with van der Waals surface area (Å²) in [6.45, 7) is 0.484. The van der Waals surface area contributed by atoms with Gasteiger partial charge < -0.3 is 11.5 Å². The lowest BCUT2D eigenvalue weighted by Gasteiger charge is -2.16. The summed E-state index contributed by atoms with van der Waals surface area (Å²) in [4.78, 5) is 0. The topological polar surface area (TPSA) is 52.0 Å². The fraction of sp³-hybridized carbons (Fsp3) is 0.500. The van der Waals surface area contributed by atoms with Crippen molar-refractivity contribution in [1.29, 1.82) is 0 Å². The first-order valence-electron chi connectivity index (χ1n) is 5.69. The highest BCUT2D eigenvalue weighted by Crippen LogP contribution is 2.34. The Morgan fingerprint density at radius 2 is 1.79 bits per heavy atom. The van der Waals surface area contributed by atoms with Gasteiger partial charge in [0, 0.05) is 11.6 Å². The molecule has 4 N–H and O–H groups in total. The highest BCUT2D eigenvalue weighted by Gasteiger charge is 2.35. The van der Waals surface area contributed by atoms with E-state index in [1.165, 1.54) is 12.1 Å². The van der Waals surface area contributed by atoms with Crippen molar-refractivity contribution in [2.24, 2.45) is 11.5 Å². The Morgan fingerprint density at radius 3 is 2.32 bits per heavy atom. The van der Waals surface area contributed by atoms with Gasteiger partial charge in [0.25, 0.3) is 0 Å². The highest BCUT2D eigenvalue weighted by molar-refractivity contribution is 5.85. The molecule has 0 amide bonds. The minimum atomic E-state index is -4.70. The molecule has 0 saturated heterocycles. The molecule has 7 heteroatoms. The van der Waals surface area contributed by atoms with Gasteiger partial charge in [-0.15, -0.1) is 12.4 Å². The summed E-state index contributed by atoms with van der Waals surface area (Å²) in [6, 6.07) is 2.44. The van der Waals surface area contributed by atoms with E-state index in [9.17, 15) is 17.6 Å². The van der Waals surface area contributed by atoms with Crippen LogP contribution >= 0.6 is 12.4 Å². The maximum absolute atomic E-state index is 13.7. The van der Waals surface area contributed by atoms with E-state index in [2.05, 4.69) is 0 Å². The van der Waals surface area contributed by atoms with E-state index in [-0.39, 0.29) is 18.0 Å². The first-order valence-corrected chi connectivity index (χ1v) is 5.69. The third-order valence-electron chi connectivity index (χ3n) is 2.70. The zero-order valence-corrected chi connectivity index (χ0v) is 11.0. The molecule has 0 aliphatic rings. The van der Waals surface area contributed by atoms with Gasteiger partial charge in [0.05, 0.1) is 5.56 Å². The molecule has 1 aromatic rings. The molecule has 1 atom stereocenters. The zero-order valence-electron chi connectivity index (χ0n) is 10.2. The number of nitrogens with two attached hydrogens (primary N) is 2. The van der Waals surface area contributed by atoms with Crippen LogP contribution in [0.2, 0.25) is 0 Å². The smallest absolute Gasteiger partial charge is 0.330 e. The fourth-order valence-electron chi connectivity index (χ4n) is 1.72. The third-order valence-corrected chi connectivity index (χ3v) is 2.70. The van der Waals surface area contributed by atoms with Crippen LogP contribution in [-0.2, 0) is 6.18 Å². The molecule has 110 valence electrons. The van der Waals surface area contributed by atoms with Crippen molar-refractivity contribution < 1.29 is 17.6 Å². The van der Waals surface area contributed by atoms with E-state index in [1.54, 1.807) is 0 Å². The summed E-state index contributed by atoms with van der Waals surface area (Å²) in [5.74, 6) is -1.27. The zero-order chi connectivity index (χ0) is 13.8. The van der Waals surface area contributed by atoms with Crippen molar-refractivity contribution in [1.82, 2.24) is 0 Å². The van der Waals surface area contributed by atoms with E-state index in [0.29, 0.717) is 31.9 Å². The Morgan fingerprint density at radius 1 is 1.16 bits per heavy atom. The molecule has 0 aromatic heterocycles. The molecule has 2 nitrogen and oxygen atoms in total. The standard InChI is InChI=1S/C12H16F4N2.ClH/c13-11-8(10(18)6-1-2-7-17)4-3-5-9(11)12(14,15)16;/h3-5,10H,1-2,6-7,17-18H2;1H/t10-;/m0./s1. The highest BCUT2D eigenvalue weighted by atomic mass is 35.5. The number of benzene rings is 1. The quantitative estimate of drug-likeness (QED) is 0.647. The summed E-state index contributed by atoms with van der Waals surface area (Å²) in [7, 11) is 0. The average Bonchev–Trinajstić information content (AvgIpc) is 2.28. The minimum absolute atomic E-state index is 0. The van der Waals surface area contributed by atoms with Crippen LogP contribution in [0.15, 0.2) is 18.2 Å². The number of alkyl halides is 3. The maximum Gasteiger partial charge on any atom is 0.419 e. The van der Waals surface area contributed by atoms with Crippen LogP contribution in [0, 0.1) is 5.82 Å². The molecule has 0 heterocycles. The molecule has 0 spiro atoms. The molecule has 1 rings (SSSR count). The van der Waals surface area contributed by atoms with Crippen LogP contribution in [0.5, 0.6) is 0 Å². The second kappa shape index (κ2) is 7.67. The Bertz CT molecular complexity index is 396. The molecule has 0 radical (unpaired) electrons. The van der Waals surface area contributed by atoms with Crippen LogP contribution < -0.4 is 11.5 Å². The summed E-state index contributed by atoms with van der Waals surface area (Å²) >= 11 is 0. The molecule has 0 aliphatic carbocycles. The van der Waals surface area contributed by atoms with Crippen molar-refractivity contribution in [2.45, 2.75) is 31.5 Å². The normalized spacial score (nSPS) is 12.9. The first-order chi connectivity index (χ1) is 8.38. The second-order valence-electron chi connectivity index (χ2n) is 4.10. The van der Waals surface area contributed by atoms with Gasteiger partial charge in [-0.05, 0) is 25.5 Å². The second-order valence-corrected chi connectivity index (χ2v) is 4.10. The van der Waals surface area contributed by atoms with Crippen LogP contribution in [0.4, 0.5) is 17.6 Å². The predicted molar refractivity (Wildman–Crippen MR) is 68.5 cm³/mol. The van der Waals surface area contributed by atoms with Crippen molar-refractivity contribution in [2.75, 3.05) is 6.54 Å². The van der Waals surface area contributed by atoms with Gasteiger partial charge in [0.1, 0.15) is 5.82 Å². The van der Waals surface area contributed by atoms with Crippen LogP contribution in [0.25, 0.3) is 0 Å². The van der Waals surface area contributed by atoms with E-state index in [4.69, 9.17) is 11.5 Å². The largest absolute Gasteiger partial charge is 0.419 e. The fourth-order valence-corrected chi connectivity index (χ4v) is 1.72. The number of hydrogen-bond acceptors (Lipinski definition) is 2. The van der Waals surface area contributed by atoms with Crippen molar-refractivity contribution >= 4 is 12.4 Å². The molecule has 0 unspecified atom stereocenters. The summed E-state index contributed by atoms with van der Waals surface area (Å²) in [6.07, 6.45) is -2.91. The van der Waals surface area contributed by atoms with Gasteiger partial charge in [-0.1, -0.05) is 18.6 Å². The van der Waals surface area contributed by atoms with Gasteiger partial charge in [0.2, 0.25) is 0 Å². The molecule has 0 aliphatic heterocycles. The van der Waals surface area contributed by atoms with Gasteiger partial charge >= 0.3 is 6.18 Å². The van der Waals surface area contributed by atoms with Gasteiger partial charge in [-0.3, -0.25) is 0 Å². The van der Waals surface area contributed by atoms with Crippen molar-refractivity contribution in [3.8, 4) is 0 Å². The average molecular weight is 301 g/mol. The monoisotopic (exact) mass is 300 g/mol. The molecular weight excluding hydrogens is 284 g/mol. The summed E-state index contributed by atoms with van der Waals surface area (Å²) in [5, 5.41) is 0. The van der Waals surface area contributed by atoms with Crippen LogP contribution in [0.3, 0.4) is 0 Å². The van der Waals surface area contributed by atoms with E-state index < -0.39 is 23.6 Å². The lowest BCUT2D eigenvalue weighted by molar-refractivity contribution is -0.140. The molecular formula is C12H17ClF4N2. The van der Waals surface area contributed by atoms with Crippen LogP contribution in [0.1, 0.15) is 36.4 Å². The van der Waals surface area contributed by atoms with E-state index in [1.807, 2.05) is 0 Å². The van der Waals surface area contributed by atoms with Crippen LogP contribution in [-0.4, -0.2) is 6.54 Å². The Balaban J connectivity index is 0.00000324. The van der Waals surface area contributed by atoms with Gasteiger partial charge in [-0.25, -0.2) is 4.39 Å². The molecule has 0 fully saturated rings. The Kier molecular flexibility index (Phi) is 7.33. The minimum Gasteiger partial charge on any atom is -0.330 e. The molecule has 19 heavy (non-hydrogen) atoms. The Hall–Kier alpha value is -0.850. The number of hydrogen-bond donors (Lipinski definition) is 2. The van der Waals surface area contributed by atoms with Crippen molar-refractivity contribution in [3.63, 3.8) is 0 Å². The molecule has 0 saturated carbocycles. The lowest BCUT2D eigenvalue weighted by Crippen LogP contribution is -2.16. The maximum atomic E-state index is 13.7. The van der Waals surface area contributed by atoms with E-state index in [0.717, 1.165) is 0 Å². The third kappa shape index (κ3) is 4.97. The Labute approximate surface area is 115 Å². The number of unbranched alkanes of at least 4 members (excludes halogenated alkanes) is 1. The van der Waals surface area contributed by atoms with Crippen molar-refractivity contribution in [3.05, 3.63) is 35.1 Å². The summed E-state index contributed by atoms with van der Waals surface area (Å²) in [5.41, 5.74) is 9.64.